The third-order valence-electron chi connectivity index (χ3n) is 4.13. The Balaban J connectivity index is 1.63. The van der Waals surface area contributed by atoms with Crippen molar-refractivity contribution in [1.29, 1.82) is 0 Å². The van der Waals surface area contributed by atoms with Gasteiger partial charge < -0.3 is 15.6 Å². The number of nitrogens with one attached hydrogen (secondary N) is 2. The third kappa shape index (κ3) is 8.55. The number of hydrogen-bond acceptors (Lipinski definition) is 8. The molecule has 4 N–H and O–H groups in total. The van der Waals surface area contributed by atoms with Gasteiger partial charge in [0.25, 0.3) is 5.91 Å². The number of rotatable bonds is 12. The third-order valence-corrected chi connectivity index (χ3v) is 8.32. The van der Waals surface area contributed by atoms with Crippen LogP contribution in [-0.4, -0.2) is 54.9 Å². The molecule has 32 heavy (non-hydrogen) atoms. The first kappa shape index (κ1) is 26.3. The number of hydrogen-bond donors (Lipinski definition) is 4. The molecule has 0 aliphatic rings. The molecule has 0 aliphatic heterocycles. The molecule has 0 aliphatic carbocycles. The van der Waals surface area contributed by atoms with E-state index >= 15 is 0 Å². The molecule has 2 aromatic carbocycles. The molecule has 0 radical (unpaired) electrons. The van der Waals surface area contributed by atoms with Gasteiger partial charge in [-0.2, -0.15) is 0 Å². The summed E-state index contributed by atoms with van der Waals surface area (Å²) in [7, 11) is -0.544. The van der Waals surface area contributed by atoms with Gasteiger partial charge in [0.05, 0.1) is 9.92 Å². The second-order valence-corrected chi connectivity index (χ2v) is 11.5. The molecule has 0 fully saturated rings. The van der Waals surface area contributed by atoms with E-state index in [2.05, 4.69) is 15.2 Å². The largest absolute Gasteiger partial charge is 0.506 e. The van der Waals surface area contributed by atoms with Gasteiger partial charge in [0.1, 0.15) is 11.5 Å². The minimum absolute atomic E-state index is 0.0609. The number of aromatic hydroxyl groups is 1. The van der Waals surface area contributed by atoms with Crippen LogP contribution < -0.4 is 10.0 Å². The first-order valence-electron chi connectivity index (χ1n) is 9.50. The molecule has 0 saturated heterocycles. The molecule has 0 saturated carbocycles. The van der Waals surface area contributed by atoms with Crippen LogP contribution in [0.2, 0.25) is 5.02 Å². The molecule has 8 nitrogen and oxygen atoms in total. The van der Waals surface area contributed by atoms with E-state index in [4.69, 9.17) is 16.8 Å². The lowest BCUT2D eigenvalue weighted by Crippen LogP contribution is -2.33. The number of carbonyl (C=O) groups excluding carboxylic acids is 1. The Morgan fingerprint density at radius 3 is 2.38 bits per heavy atom. The van der Waals surface area contributed by atoms with Gasteiger partial charge in [-0.05, 0) is 36.8 Å². The Bertz CT molecular complexity index is 1050. The van der Waals surface area contributed by atoms with Crippen molar-refractivity contribution in [3.8, 4) is 5.75 Å². The minimum Gasteiger partial charge on any atom is -0.506 e. The maximum Gasteiger partial charge on any atom is 0.269 e. The van der Waals surface area contributed by atoms with Gasteiger partial charge in [0.15, 0.2) is 0 Å². The molecule has 0 unspecified atom stereocenters. The lowest BCUT2D eigenvalue weighted by molar-refractivity contribution is -0.114. The highest BCUT2D eigenvalue weighted by Crippen LogP contribution is 2.24. The van der Waals surface area contributed by atoms with Crippen LogP contribution in [0.5, 0.6) is 5.75 Å². The van der Waals surface area contributed by atoms with Crippen molar-refractivity contribution >= 4 is 54.8 Å². The van der Waals surface area contributed by atoms with Crippen molar-refractivity contribution in [2.24, 2.45) is 5.16 Å². The van der Waals surface area contributed by atoms with Gasteiger partial charge in [-0.3, -0.25) is 4.79 Å². The zero-order valence-corrected chi connectivity index (χ0v) is 20.5. The Labute approximate surface area is 200 Å². The summed E-state index contributed by atoms with van der Waals surface area (Å²) in [5.74, 6) is 0.576. The number of nitrogens with zero attached hydrogens (tertiary/aromatic N) is 1. The van der Waals surface area contributed by atoms with Gasteiger partial charge in [0, 0.05) is 31.0 Å². The number of halogens is 1. The predicted octanol–water partition coefficient (Wildman–Crippen LogP) is 3.20. The van der Waals surface area contributed by atoms with Gasteiger partial charge in [-0.25, -0.2) is 13.1 Å². The Hall–Kier alpha value is -1.92. The summed E-state index contributed by atoms with van der Waals surface area (Å²) in [4.78, 5) is 12.4. The van der Waals surface area contributed by atoms with Crippen LogP contribution >= 0.6 is 33.2 Å². The van der Waals surface area contributed by atoms with Crippen LogP contribution in [0.1, 0.15) is 11.1 Å². The molecule has 2 aromatic rings. The minimum atomic E-state index is -3.52. The topological polar surface area (TPSA) is 128 Å². The van der Waals surface area contributed by atoms with E-state index < -0.39 is 15.9 Å². The number of phenolic OH excluding ortho intramolecular Hbond substituents is 1. The van der Waals surface area contributed by atoms with Gasteiger partial charge in [-0.15, -0.1) is 0 Å². The molecule has 174 valence electrons. The van der Waals surface area contributed by atoms with Gasteiger partial charge >= 0.3 is 0 Å². The first-order valence-corrected chi connectivity index (χ1v) is 13.8. The fraction of sp³-hybridized carbons (Fsp3) is 0.300. The molecule has 0 bridgehead atoms. The molecule has 0 aromatic heterocycles. The summed E-state index contributed by atoms with van der Waals surface area (Å²) in [6.45, 7) is 2.53. The maximum atomic E-state index is 12.2. The smallest absolute Gasteiger partial charge is 0.269 e. The van der Waals surface area contributed by atoms with E-state index in [-0.39, 0.29) is 34.3 Å². The van der Waals surface area contributed by atoms with Crippen molar-refractivity contribution in [3.05, 3.63) is 58.6 Å². The monoisotopic (exact) mass is 517 g/mol. The average Bonchev–Trinajstić information content (AvgIpc) is 2.76. The van der Waals surface area contributed by atoms with Crippen LogP contribution in [0.15, 0.2) is 52.5 Å². The van der Waals surface area contributed by atoms with E-state index in [9.17, 15) is 18.3 Å². The van der Waals surface area contributed by atoms with Gasteiger partial charge in [-0.1, -0.05) is 62.1 Å². The Morgan fingerprint density at radius 2 is 1.75 bits per heavy atom. The second-order valence-electron chi connectivity index (χ2n) is 6.62. The van der Waals surface area contributed by atoms with E-state index in [1.807, 2.05) is 6.92 Å². The summed E-state index contributed by atoms with van der Waals surface area (Å²) in [5, 5.41) is 24.4. The number of aryl methyl sites for hydroxylation is 1. The number of benzene rings is 2. The van der Waals surface area contributed by atoms with Crippen molar-refractivity contribution < 1.29 is 23.5 Å². The Morgan fingerprint density at radius 1 is 1.09 bits per heavy atom. The maximum absolute atomic E-state index is 12.2. The van der Waals surface area contributed by atoms with Crippen LogP contribution in [0.3, 0.4) is 0 Å². The highest BCUT2D eigenvalue weighted by atomic mass is 35.5. The highest BCUT2D eigenvalue weighted by molar-refractivity contribution is 8.76. The van der Waals surface area contributed by atoms with E-state index in [0.29, 0.717) is 23.6 Å². The molecule has 0 heterocycles. The lowest BCUT2D eigenvalue weighted by atomic mass is 10.1. The van der Waals surface area contributed by atoms with E-state index in [1.54, 1.807) is 30.3 Å². The summed E-state index contributed by atoms with van der Waals surface area (Å²) >= 11 is 5.84. The van der Waals surface area contributed by atoms with E-state index in [1.165, 1.54) is 33.7 Å². The SMILES string of the molecule is Cc1ccc(S(=O)(=O)NCCSSCCNC(=O)/C(Cc2ccc(O)c(Cl)c2)=N/O)cc1. The second kappa shape index (κ2) is 12.9. The normalized spacial score (nSPS) is 12.0. The van der Waals surface area contributed by atoms with Crippen molar-refractivity contribution in [2.75, 3.05) is 24.6 Å². The standard InChI is InChI=1S/C20H24ClN3O5S3/c1-14-2-5-16(6-3-14)32(28,29)23-9-11-31-30-10-8-22-20(26)18(24-27)13-15-4-7-19(25)17(21)12-15/h2-7,12,23,25,27H,8-11,13H2,1H3,(H,22,26)/b24-18+. The number of carbonyl (C=O) groups is 1. The lowest BCUT2D eigenvalue weighted by Gasteiger charge is -2.08. The van der Waals surface area contributed by atoms with Crippen LogP contribution in [0.25, 0.3) is 0 Å². The summed E-state index contributed by atoms with van der Waals surface area (Å²) in [5.41, 5.74) is 1.54. The van der Waals surface area contributed by atoms with Crippen molar-refractivity contribution in [3.63, 3.8) is 0 Å². The number of oxime groups is 1. The predicted molar refractivity (Wildman–Crippen MR) is 130 cm³/mol. The van der Waals surface area contributed by atoms with Crippen LogP contribution in [-0.2, 0) is 21.2 Å². The van der Waals surface area contributed by atoms with Gasteiger partial charge in [0.2, 0.25) is 10.0 Å². The first-order chi connectivity index (χ1) is 15.2. The molecule has 0 spiro atoms. The van der Waals surface area contributed by atoms with Crippen molar-refractivity contribution in [1.82, 2.24) is 10.0 Å². The summed E-state index contributed by atoms with van der Waals surface area (Å²) < 4.78 is 26.9. The zero-order chi connectivity index (χ0) is 23.6. The Kier molecular flexibility index (Phi) is 10.7. The highest BCUT2D eigenvalue weighted by Gasteiger charge is 2.14. The summed E-state index contributed by atoms with van der Waals surface area (Å²) in [6, 6.07) is 11.1. The summed E-state index contributed by atoms with van der Waals surface area (Å²) in [6.07, 6.45) is 0.0609. The number of amides is 1. The quantitative estimate of drug-likeness (QED) is 0.112. The fourth-order valence-electron chi connectivity index (χ4n) is 2.46. The molecular formula is C20H24ClN3O5S3. The molecule has 2 rings (SSSR count). The molecular weight excluding hydrogens is 494 g/mol. The fourth-order valence-corrected chi connectivity index (χ4v) is 5.64. The number of phenols is 1. The molecule has 1 amide bonds. The molecule has 12 heteroatoms. The van der Waals surface area contributed by atoms with E-state index in [0.717, 1.165) is 5.56 Å². The molecule has 0 atom stereocenters. The average molecular weight is 518 g/mol. The number of sulfonamides is 1. The van der Waals surface area contributed by atoms with Crippen LogP contribution in [0, 0.1) is 6.92 Å². The zero-order valence-electron chi connectivity index (χ0n) is 17.2. The van der Waals surface area contributed by atoms with Crippen LogP contribution in [0.4, 0.5) is 0 Å². The van der Waals surface area contributed by atoms with Crippen molar-refractivity contribution in [2.45, 2.75) is 18.2 Å².